The van der Waals surface area contributed by atoms with Gasteiger partial charge in [-0.25, -0.2) is 0 Å². The van der Waals surface area contributed by atoms with Crippen LogP contribution in [0.2, 0.25) is 0 Å². The molecule has 0 spiro atoms. The van der Waals surface area contributed by atoms with Crippen LogP contribution in [0.1, 0.15) is 46.5 Å². The Hall–Kier alpha value is -0.530. The lowest BCUT2D eigenvalue weighted by Gasteiger charge is -2.37. The van der Waals surface area contributed by atoms with Gasteiger partial charge in [-0.1, -0.05) is 13.8 Å². The minimum Gasteiger partial charge on any atom is -0.337 e. The first kappa shape index (κ1) is 10.0. The molecule has 1 heterocycles. The zero-order valence-corrected chi connectivity index (χ0v) is 9.49. The number of amides is 1. The normalized spacial score (nSPS) is 35.7. The summed E-state index contributed by atoms with van der Waals surface area (Å²) in [5.41, 5.74) is 0. The number of likely N-dealkylation sites (tertiary alicyclic amines) is 1. The third kappa shape index (κ3) is 1.55. The summed E-state index contributed by atoms with van der Waals surface area (Å²) in [6.45, 7) is 6.45. The van der Waals surface area contributed by atoms with Crippen molar-refractivity contribution in [3.8, 4) is 0 Å². The number of rotatable bonds is 2. The van der Waals surface area contributed by atoms with Gasteiger partial charge in [0.1, 0.15) is 0 Å². The summed E-state index contributed by atoms with van der Waals surface area (Å²) in [7, 11) is 0. The van der Waals surface area contributed by atoms with Crippen molar-refractivity contribution in [2.75, 3.05) is 0 Å². The van der Waals surface area contributed by atoms with Gasteiger partial charge in [-0.05, 0) is 38.0 Å². The van der Waals surface area contributed by atoms with E-state index in [0.29, 0.717) is 23.9 Å². The van der Waals surface area contributed by atoms with Crippen molar-refractivity contribution in [3.63, 3.8) is 0 Å². The summed E-state index contributed by atoms with van der Waals surface area (Å²) >= 11 is 0. The van der Waals surface area contributed by atoms with Gasteiger partial charge in [0.05, 0.1) is 0 Å². The monoisotopic (exact) mass is 195 g/mol. The smallest absolute Gasteiger partial charge is 0.223 e. The SMILES string of the molecule is CC(C)CC(=O)N1C(C)CC2CCC21. The second-order valence-corrected chi connectivity index (χ2v) is 5.39. The van der Waals surface area contributed by atoms with Crippen LogP contribution in [0.4, 0.5) is 0 Å². The largest absolute Gasteiger partial charge is 0.337 e. The molecule has 0 aromatic rings. The third-order valence-corrected chi connectivity index (χ3v) is 3.72. The van der Waals surface area contributed by atoms with E-state index in [4.69, 9.17) is 0 Å². The maximum Gasteiger partial charge on any atom is 0.223 e. The van der Waals surface area contributed by atoms with Crippen LogP contribution in [0.3, 0.4) is 0 Å². The molecule has 0 N–H and O–H groups in total. The molecule has 2 rings (SSSR count). The first-order valence-corrected chi connectivity index (χ1v) is 5.90. The molecule has 1 saturated carbocycles. The molecule has 2 nitrogen and oxygen atoms in total. The Morgan fingerprint density at radius 2 is 2.14 bits per heavy atom. The molecule has 1 amide bonds. The van der Waals surface area contributed by atoms with E-state index in [1.54, 1.807) is 0 Å². The fourth-order valence-corrected chi connectivity index (χ4v) is 2.96. The molecule has 0 aromatic heterocycles. The summed E-state index contributed by atoms with van der Waals surface area (Å²) in [6, 6.07) is 1.11. The van der Waals surface area contributed by atoms with Crippen molar-refractivity contribution in [2.24, 2.45) is 11.8 Å². The van der Waals surface area contributed by atoms with Gasteiger partial charge < -0.3 is 4.90 Å². The van der Waals surface area contributed by atoms with E-state index in [1.807, 2.05) is 0 Å². The second kappa shape index (κ2) is 3.56. The number of carbonyl (C=O) groups excluding carboxylic acids is 1. The highest BCUT2D eigenvalue weighted by atomic mass is 16.2. The first-order valence-electron chi connectivity index (χ1n) is 5.90. The molecule has 1 aliphatic carbocycles. The minimum absolute atomic E-state index is 0.389. The summed E-state index contributed by atoms with van der Waals surface area (Å²) < 4.78 is 0. The van der Waals surface area contributed by atoms with E-state index in [9.17, 15) is 4.79 Å². The van der Waals surface area contributed by atoms with Crippen molar-refractivity contribution in [2.45, 2.75) is 58.5 Å². The van der Waals surface area contributed by atoms with E-state index in [2.05, 4.69) is 25.7 Å². The summed E-state index contributed by atoms with van der Waals surface area (Å²) in [4.78, 5) is 14.2. The van der Waals surface area contributed by atoms with E-state index in [1.165, 1.54) is 19.3 Å². The zero-order chi connectivity index (χ0) is 10.3. The summed E-state index contributed by atoms with van der Waals surface area (Å²) in [5.74, 6) is 1.72. The van der Waals surface area contributed by atoms with Gasteiger partial charge >= 0.3 is 0 Å². The lowest BCUT2D eigenvalue weighted by Crippen LogP contribution is -2.45. The third-order valence-electron chi connectivity index (χ3n) is 3.72. The van der Waals surface area contributed by atoms with Gasteiger partial charge in [0.2, 0.25) is 5.91 Å². The number of hydrogen-bond donors (Lipinski definition) is 0. The minimum atomic E-state index is 0.389. The Labute approximate surface area is 86.7 Å². The van der Waals surface area contributed by atoms with Crippen molar-refractivity contribution < 1.29 is 4.79 Å². The highest BCUT2D eigenvalue weighted by Crippen LogP contribution is 2.43. The zero-order valence-electron chi connectivity index (χ0n) is 9.49. The molecule has 0 radical (unpaired) electrons. The Balaban J connectivity index is 1.99. The van der Waals surface area contributed by atoms with Crippen LogP contribution in [0, 0.1) is 11.8 Å². The topological polar surface area (TPSA) is 20.3 Å². The van der Waals surface area contributed by atoms with Gasteiger partial charge in [0.25, 0.3) is 0 Å². The van der Waals surface area contributed by atoms with Crippen molar-refractivity contribution in [3.05, 3.63) is 0 Å². The standard InChI is InChI=1S/C12H21NO/c1-8(2)6-12(14)13-9(3)7-10-4-5-11(10)13/h8-11H,4-7H2,1-3H3. The predicted molar refractivity (Wildman–Crippen MR) is 56.9 cm³/mol. The van der Waals surface area contributed by atoms with Crippen LogP contribution in [-0.2, 0) is 4.79 Å². The molecule has 2 fully saturated rings. The molecular weight excluding hydrogens is 174 g/mol. The van der Waals surface area contributed by atoms with Crippen LogP contribution >= 0.6 is 0 Å². The quantitative estimate of drug-likeness (QED) is 0.662. The molecule has 80 valence electrons. The van der Waals surface area contributed by atoms with Crippen LogP contribution < -0.4 is 0 Å². The Morgan fingerprint density at radius 3 is 2.57 bits per heavy atom. The first-order chi connectivity index (χ1) is 6.59. The molecule has 2 heteroatoms. The average Bonchev–Trinajstić information content (AvgIpc) is 2.25. The molecule has 0 aromatic carbocycles. The lowest BCUT2D eigenvalue weighted by molar-refractivity contribution is -0.136. The van der Waals surface area contributed by atoms with Gasteiger partial charge in [0, 0.05) is 18.5 Å². The molecular formula is C12H21NO. The molecule has 14 heavy (non-hydrogen) atoms. The fourth-order valence-electron chi connectivity index (χ4n) is 2.96. The lowest BCUT2D eigenvalue weighted by atomic mass is 9.80. The highest BCUT2D eigenvalue weighted by Gasteiger charge is 2.46. The van der Waals surface area contributed by atoms with Crippen molar-refractivity contribution in [1.29, 1.82) is 0 Å². The number of fused-ring (bicyclic) bond motifs is 1. The van der Waals surface area contributed by atoms with Gasteiger partial charge in [-0.2, -0.15) is 0 Å². The van der Waals surface area contributed by atoms with Crippen molar-refractivity contribution >= 4 is 5.91 Å². The van der Waals surface area contributed by atoms with Gasteiger partial charge in [-0.15, -0.1) is 0 Å². The van der Waals surface area contributed by atoms with Crippen LogP contribution in [0.25, 0.3) is 0 Å². The molecule has 2 aliphatic rings. The van der Waals surface area contributed by atoms with E-state index in [-0.39, 0.29) is 0 Å². The number of nitrogens with zero attached hydrogens (tertiary/aromatic N) is 1. The maximum absolute atomic E-state index is 12.0. The van der Waals surface area contributed by atoms with Gasteiger partial charge in [-0.3, -0.25) is 4.79 Å². The molecule has 3 unspecified atom stereocenters. The van der Waals surface area contributed by atoms with E-state index >= 15 is 0 Å². The van der Waals surface area contributed by atoms with E-state index in [0.717, 1.165) is 12.3 Å². The Morgan fingerprint density at radius 1 is 1.43 bits per heavy atom. The fraction of sp³-hybridized carbons (Fsp3) is 0.917. The average molecular weight is 195 g/mol. The molecule has 1 aliphatic heterocycles. The second-order valence-electron chi connectivity index (χ2n) is 5.39. The summed E-state index contributed by atoms with van der Waals surface area (Å²) in [5, 5.41) is 0. The Bertz CT molecular complexity index is 236. The highest BCUT2D eigenvalue weighted by molar-refractivity contribution is 5.77. The van der Waals surface area contributed by atoms with Crippen LogP contribution in [0.15, 0.2) is 0 Å². The number of carbonyl (C=O) groups is 1. The Kier molecular flexibility index (Phi) is 2.54. The van der Waals surface area contributed by atoms with Gasteiger partial charge in [0.15, 0.2) is 0 Å². The van der Waals surface area contributed by atoms with Crippen LogP contribution in [0.5, 0.6) is 0 Å². The maximum atomic E-state index is 12.0. The molecule has 0 bridgehead atoms. The van der Waals surface area contributed by atoms with Crippen molar-refractivity contribution in [1.82, 2.24) is 4.90 Å². The predicted octanol–water partition coefficient (Wildman–Crippen LogP) is 2.43. The summed E-state index contributed by atoms with van der Waals surface area (Å²) in [6.07, 6.45) is 4.57. The van der Waals surface area contributed by atoms with Crippen LogP contribution in [-0.4, -0.2) is 22.9 Å². The molecule has 3 atom stereocenters. The van der Waals surface area contributed by atoms with E-state index < -0.39 is 0 Å². The number of hydrogen-bond acceptors (Lipinski definition) is 1. The molecule has 1 saturated heterocycles.